The number of aryl methyl sites for hydroxylation is 1. The molecule has 0 aromatic carbocycles. The maximum atomic E-state index is 4.83. The quantitative estimate of drug-likeness (QED) is 0.777. The minimum absolute atomic E-state index is 0.712. The Balaban J connectivity index is 1.24. The van der Waals surface area contributed by atoms with E-state index in [0.29, 0.717) is 12.1 Å². The van der Waals surface area contributed by atoms with Crippen molar-refractivity contribution < 1.29 is 0 Å². The Morgan fingerprint density at radius 3 is 1.55 bits per heavy atom. The summed E-state index contributed by atoms with van der Waals surface area (Å²) in [5.74, 6) is 3.21. The monoisotopic (exact) mass is 398 g/mol. The van der Waals surface area contributed by atoms with Crippen molar-refractivity contribution in [2.24, 2.45) is 0 Å². The number of likely N-dealkylation sites (tertiary alicyclic amines) is 2. The number of piperidine rings is 2. The van der Waals surface area contributed by atoms with E-state index in [1.165, 1.54) is 77.5 Å². The summed E-state index contributed by atoms with van der Waals surface area (Å²) in [6, 6.07) is 3.69. The fraction of sp³-hybridized carbons (Fsp3) is 0.826. The first-order chi connectivity index (χ1) is 14.3. The van der Waals surface area contributed by atoms with Crippen LogP contribution in [0.25, 0.3) is 0 Å². The zero-order chi connectivity index (χ0) is 19.6. The average Bonchev–Trinajstić information content (AvgIpc) is 3.45. The summed E-state index contributed by atoms with van der Waals surface area (Å²) in [6.45, 7) is 11.7. The van der Waals surface area contributed by atoms with Gasteiger partial charge in [0.2, 0.25) is 0 Å². The zero-order valence-corrected chi connectivity index (χ0v) is 18.2. The van der Waals surface area contributed by atoms with Crippen molar-refractivity contribution in [3.8, 4) is 0 Å². The van der Waals surface area contributed by atoms with Crippen LogP contribution in [0, 0.1) is 6.92 Å². The average molecular weight is 399 g/mol. The number of nitrogens with zero attached hydrogens (tertiary/aromatic N) is 6. The van der Waals surface area contributed by atoms with Gasteiger partial charge in [0, 0.05) is 44.3 Å². The molecule has 6 nitrogen and oxygen atoms in total. The lowest BCUT2D eigenvalue weighted by atomic mass is 10.1. The summed E-state index contributed by atoms with van der Waals surface area (Å²) in [5, 5.41) is 0. The molecule has 29 heavy (non-hydrogen) atoms. The molecular weight excluding hydrogens is 360 g/mol. The van der Waals surface area contributed by atoms with E-state index in [1.807, 2.05) is 0 Å². The van der Waals surface area contributed by atoms with Gasteiger partial charge in [0.1, 0.15) is 17.5 Å². The molecular formula is C23H38N6. The smallest absolute Gasteiger partial charge is 0.134 e. The summed E-state index contributed by atoms with van der Waals surface area (Å²) < 4.78 is 0. The predicted octanol–water partition coefficient (Wildman–Crippen LogP) is 2.91. The first kappa shape index (κ1) is 19.6. The normalized spacial score (nSPS) is 29.7. The van der Waals surface area contributed by atoms with E-state index >= 15 is 0 Å². The van der Waals surface area contributed by atoms with E-state index in [-0.39, 0.29) is 0 Å². The second kappa shape index (κ2) is 8.76. The molecule has 0 amide bonds. The molecule has 0 bridgehead atoms. The zero-order valence-electron chi connectivity index (χ0n) is 18.2. The molecule has 1 aromatic heterocycles. The third-order valence-electron chi connectivity index (χ3n) is 7.60. The van der Waals surface area contributed by atoms with Crippen LogP contribution < -0.4 is 9.80 Å². The lowest BCUT2D eigenvalue weighted by molar-refractivity contribution is 0.174. The van der Waals surface area contributed by atoms with Crippen LogP contribution in [0.4, 0.5) is 11.6 Å². The Morgan fingerprint density at radius 1 is 0.655 bits per heavy atom. The van der Waals surface area contributed by atoms with Crippen LogP contribution in [-0.4, -0.2) is 84.2 Å². The van der Waals surface area contributed by atoms with Crippen molar-refractivity contribution in [2.45, 2.75) is 70.4 Å². The lowest BCUT2D eigenvalue weighted by Gasteiger charge is -2.32. The predicted molar refractivity (Wildman–Crippen MR) is 119 cm³/mol. The van der Waals surface area contributed by atoms with Gasteiger partial charge in [0.25, 0.3) is 0 Å². The molecule has 4 saturated heterocycles. The summed E-state index contributed by atoms with van der Waals surface area (Å²) in [7, 11) is 0. The van der Waals surface area contributed by atoms with Gasteiger partial charge in [-0.25, -0.2) is 9.97 Å². The Labute approximate surface area is 176 Å². The maximum absolute atomic E-state index is 4.83. The summed E-state index contributed by atoms with van der Waals surface area (Å²) in [4.78, 5) is 20.1. The molecule has 2 unspecified atom stereocenters. The van der Waals surface area contributed by atoms with Crippen molar-refractivity contribution in [1.29, 1.82) is 0 Å². The molecule has 1 aromatic rings. The van der Waals surface area contributed by atoms with Gasteiger partial charge in [-0.05, 0) is 71.6 Å². The van der Waals surface area contributed by atoms with Crippen LogP contribution in [0.1, 0.15) is 57.2 Å². The van der Waals surface area contributed by atoms with Crippen LogP contribution in [0.15, 0.2) is 6.07 Å². The number of aromatic nitrogens is 2. The van der Waals surface area contributed by atoms with E-state index in [9.17, 15) is 0 Å². The summed E-state index contributed by atoms with van der Waals surface area (Å²) >= 11 is 0. The third-order valence-corrected chi connectivity index (χ3v) is 7.60. The van der Waals surface area contributed by atoms with Gasteiger partial charge in [-0.2, -0.15) is 0 Å². The molecule has 5 heterocycles. The van der Waals surface area contributed by atoms with E-state index in [4.69, 9.17) is 9.97 Å². The molecule has 0 radical (unpaired) electrons. The highest BCUT2D eigenvalue weighted by atomic mass is 15.3. The SMILES string of the molecule is Cc1nc(N2CCC(N3CCCCC3)C2)cc(N2CCC(N3CCCCC3)C2)n1. The minimum atomic E-state index is 0.712. The molecule has 0 spiro atoms. The molecule has 6 heteroatoms. The van der Waals surface area contributed by atoms with Crippen LogP contribution >= 0.6 is 0 Å². The van der Waals surface area contributed by atoms with Gasteiger partial charge in [-0.1, -0.05) is 12.8 Å². The van der Waals surface area contributed by atoms with Gasteiger partial charge in [-0.3, -0.25) is 9.80 Å². The second-order valence-corrected chi connectivity index (χ2v) is 9.60. The Morgan fingerprint density at radius 2 is 1.10 bits per heavy atom. The molecule has 0 aliphatic carbocycles. The topological polar surface area (TPSA) is 38.7 Å². The second-order valence-electron chi connectivity index (χ2n) is 9.60. The minimum Gasteiger partial charge on any atom is -0.355 e. The Hall–Kier alpha value is -1.40. The van der Waals surface area contributed by atoms with Crippen molar-refractivity contribution >= 4 is 11.6 Å². The fourth-order valence-electron chi connectivity index (χ4n) is 5.92. The highest BCUT2D eigenvalue weighted by Gasteiger charge is 2.32. The molecule has 2 atom stereocenters. The molecule has 4 aliphatic rings. The highest BCUT2D eigenvalue weighted by Crippen LogP contribution is 2.29. The van der Waals surface area contributed by atoms with E-state index in [1.54, 1.807) is 0 Å². The van der Waals surface area contributed by atoms with Crippen LogP contribution in [0.5, 0.6) is 0 Å². The Kier molecular flexibility index (Phi) is 5.91. The summed E-state index contributed by atoms with van der Waals surface area (Å²) in [6.07, 6.45) is 10.9. The number of hydrogen-bond acceptors (Lipinski definition) is 6. The van der Waals surface area contributed by atoms with Crippen molar-refractivity contribution in [3.63, 3.8) is 0 Å². The molecule has 4 aliphatic heterocycles. The Bertz CT molecular complexity index is 628. The van der Waals surface area contributed by atoms with Crippen LogP contribution in [-0.2, 0) is 0 Å². The molecule has 160 valence electrons. The molecule has 0 saturated carbocycles. The molecule has 4 fully saturated rings. The van der Waals surface area contributed by atoms with Gasteiger partial charge >= 0.3 is 0 Å². The number of hydrogen-bond donors (Lipinski definition) is 0. The number of anilines is 2. The lowest BCUT2D eigenvalue weighted by Crippen LogP contribution is -2.41. The van der Waals surface area contributed by atoms with E-state index in [0.717, 1.165) is 43.6 Å². The standard InChI is InChI=1S/C23H38N6/c1-19-24-22(28-14-8-20(17-28)26-10-4-2-5-11-26)16-23(25-19)29-15-9-21(18-29)27-12-6-3-7-13-27/h16,20-21H,2-15,17-18H2,1H3. The summed E-state index contributed by atoms with van der Waals surface area (Å²) in [5.41, 5.74) is 0. The van der Waals surface area contributed by atoms with E-state index in [2.05, 4.69) is 32.6 Å². The van der Waals surface area contributed by atoms with Crippen molar-refractivity contribution in [3.05, 3.63) is 11.9 Å². The van der Waals surface area contributed by atoms with Gasteiger partial charge < -0.3 is 9.80 Å². The van der Waals surface area contributed by atoms with Crippen molar-refractivity contribution in [1.82, 2.24) is 19.8 Å². The third kappa shape index (κ3) is 4.38. The fourth-order valence-corrected chi connectivity index (χ4v) is 5.92. The van der Waals surface area contributed by atoms with Gasteiger partial charge in [0.15, 0.2) is 0 Å². The first-order valence-corrected chi connectivity index (χ1v) is 12.1. The molecule has 5 rings (SSSR count). The van der Waals surface area contributed by atoms with Gasteiger partial charge in [-0.15, -0.1) is 0 Å². The van der Waals surface area contributed by atoms with E-state index < -0.39 is 0 Å². The largest absolute Gasteiger partial charge is 0.355 e. The number of rotatable bonds is 4. The van der Waals surface area contributed by atoms with Gasteiger partial charge in [0.05, 0.1) is 0 Å². The first-order valence-electron chi connectivity index (χ1n) is 12.1. The molecule has 0 N–H and O–H groups in total. The van der Waals surface area contributed by atoms with Crippen LogP contribution in [0.2, 0.25) is 0 Å². The van der Waals surface area contributed by atoms with Crippen molar-refractivity contribution in [2.75, 3.05) is 62.2 Å². The maximum Gasteiger partial charge on any atom is 0.134 e. The highest BCUT2D eigenvalue weighted by molar-refractivity contribution is 5.52. The van der Waals surface area contributed by atoms with Crippen LogP contribution in [0.3, 0.4) is 0 Å².